The van der Waals surface area contributed by atoms with Crippen LogP contribution in [-0.2, 0) is 25.7 Å². The van der Waals surface area contributed by atoms with Gasteiger partial charge in [0.15, 0.2) is 0 Å². The molecule has 0 aromatic heterocycles. The Morgan fingerprint density at radius 3 is 2.63 bits per heavy atom. The van der Waals surface area contributed by atoms with Gasteiger partial charge in [-0.25, -0.2) is 0 Å². The minimum absolute atomic E-state index is 0.0741. The summed E-state index contributed by atoms with van der Waals surface area (Å²) in [5, 5.41) is 15.6. The minimum atomic E-state index is -1.06. The van der Waals surface area contributed by atoms with E-state index in [0.29, 0.717) is 49.5 Å². The first-order valence-corrected chi connectivity index (χ1v) is 13.7. The Morgan fingerprint density at radius 1 is 1.11 bits per heavy atom. The fraction of sp³-hybridized carbons (Fsp3) is 0.483. The molecule has 3 N–H and O–H groups in total. The van der Waals surface area contributed by atoms with Gasteiger partial charge in [-0.2, -0.15) is 0 Å². The number of carbonyl (C=O) groups is 3. The molecule has 9 heteroatoms. The number of fused-ring (bicyclic) bond motifs is 1. The number of likely N-dealkylation sites (tertiary alicyclic amines) is 1. The zero-order chi connectivity index (χ0) is 26.9. The van der Waals surface area contributed by atoms with Crippen molar-refractivity contribution in [2.45, 2.75) is 63.3 Å². The lowest BCUT2D eigenvalue weighted by atomic mass is 9.70. The van der Waals surface area contributed by atoms with Crippen LogP contribution >= 0.6 is 11.6 Å². The number of benzene rings is 2. The molecule has 38 heavy (non-hydrogen) atoms. The Morgan fingerprint density at radius 2 is 1.89 bits per heavy atom. The van der Waals surface area contributed by atoms with Crippen LogP contribution in [0.25, 0.3) is 0 Å². The smallest absolute Gasteiger partial charge is 0.250 e. The van der Waals surface area contributed by atoms with Gasteiger partial charge in [0.05, 0.1) is 28.6 Å². The average Bonchev–Trinajstić information content (AvgIpc) is 3.55. The van der Waals surface area contributed by atoms with Crippen LogP contribution in [0.5, 0.6) is 0 Å². The van der Waals surface area contributed by atoms with Crippen LogP contribution in [0.15, 0.2) is 48.5 Å². The third-order valence-corrected chi connectivity index (χ3v) is 8.50. The summed E-state index contributed by atoms with van der Waals surface area (Å²) >= 11 is 6.40. The van der Waals surface area contributed by atoms with Gasteiger partial charge < -0.3 is 25.4 Å². The van der Waals surface area contributed by atoms with E-state index in [2.05, 4.69) is 10.6 Å². The van der Waals surface area contributed by atoms with E-state index in [4.69, 9.17) is 16.3 Å². The van der Waals surface area contributed by atoms with Crippen molar-refractivity contribution < 1.29 is 24.2 Å². The van der Waals surface area contributed by atoms with Crippen molar-refractivity contribution in [3.63, 3.8) is 0 Å². The number of ether oxygens (including phenoxy) is 1. The first-order chi connectivity index (χ1) is 18.4. The summed E-state index contributed by atoms with van der Waals surface area (Å²) in [5.74, 6) is -2.17. The van der Waals surface area contributed by atoms with Crippen molar-refractivity contribution in [3.05, 3.63) is 64.7 Å². The number of aryl methyl sites for hydroxylation is 1. The van der Waals surface area contributed by atoms with Crippen LogP contribution < -0.4 is 10.6 Å². The van der Waals surface area contributed by atoms with Crippen LogP contribution in [0.2, 0.25) is 5.02 Å². The van der Waals surface area contributed by atoms with Crippen molar-refractivity contribution in [1.29, 1.82) is 0 Å². The van der Waals surface area contributed by atoms with Crippen molar-refractivity contribution in [2.24, 2.45) is 11.8 Å². The van der Waals surface area contributed by atoms with Gasteiger partial charge in [0, 0.05) is 19.7 Å². The molecule has 3 fully saturated rings. The number of halogens is 1. The Kier molecular flexibility index (Phi) is 7.75. The lowest BCUT2D eigenvalue weighted by molar-refractivity contribution is -0.141. The highest BCUT2D eigenvalue weighted by molar-refractivity contribution is 6.34. The standard InChI is InChI=1S/C29H34ClN3O5/c1-18-9-8-12-20(30)24(18)32-27(36)25-29-14-13-21(38-29)22(26(35)31-17-19-10-4-2-5-11-19)23(29)28(37)33(25)15-6-3-7-16-34/h2,4-5,8-12,21-23,25,34H,3,6-7,13-17H2,1H3,(H,31,35)(H,32,36)/t21-,22+,23-,25?,29?/m0/s1. The van der Waals surface area contributed by atoms with Gasteiger partial charge in [0.1, 0.15) is 11.6 Å². The van der Waals surface area contributed by atoms with Gasteiger partial charge >= 0.3 is 0 Å². The van der Waals surface area contributed by atoms with Gasteiger partial charge in [-0.1, -0.05) is 54.1 Å². The van der Waals surface area contributed by atoms with Gasteiger partial charge in [0.2, 0.25) is 17.7 Å². The van der Waals surface area contributed by atoms with Gasteiger partial charge in [-0.15, -0.1) is 0 Å². The lowest BCUT2D eigenvalue weighted by Gasteiger charge is -2.33. The maximum atomic E-state index is 13.9. The number of hydrogen-bond donors (Lipinski definition) is 3. The van der Waals surface area contributed by atoms with Crippen LogP contribution in [0, 0.1) is 18.8 Å². The molecule has 2 aromatic carbocycles. The summed E-state index contributed by atoms with van der Waals surface area (Å²) in [5.41, 5.74) is 1.23. The summed E-state index contributed by atoms with van der Waals surface area (Å²) in [6.45, 7) is 2.64. The van der Waals surface area contributed by atoms with Gasteiger partial charge in [-0.3, -0.25) is 14.4 Å². The number of nitrogens with one attached hydrogen (secondary N) is 2. The van der Waals surface area contributed by atoms with Crippen molar-refractivity contribution in [3.8, 4) is 0 Å². The fourth-order valence-electron chi connectivity index (χ4n) is 6.45. The fourth-order valence-corrected chi connectivity index (χ4v) is 6.72. The highest BCUT2D eigenvalue weighted by atomic mass is 35.5. The molecule has 3 amide bonds. The topological polar surface area (TPSA) is 108 Å². The van der Waals surface area contributed by atoms with E-state index in [9.17, 15) is 19.5 Å². The molecule has 3 heterocycles. The number of anilines is 1. The summed E-state index contributed by atoms with van der Waals surface area (Å²) in [4.78, 5) is 42.9. The number of hydrogen-bond acceptors (Lipinski definition) is 5. The van der Waals surface area contributed by atoms with E-state index in [1.807, 2.05) is 49.4 Å². The monoisotopic (exact) mass is 539 g/mol. The first kappa shape index (κ1) is 26.7. The van der Waals surface area contributed by atoms with E-state index >= 15 is 0 Å². The molecule has 0 aliphatic carbocycles. The van der Waals surface area contributed by atoms with E-state index in [1.54, 1.807) is 11.0 Å². The number of carbonyl (C=O) groups excluding carboxylic acids is 3. The third-order valence-electron chi connectivity index (χ3n) is 8.19. The number of nitrogens with zero attached hydrogens (tertiary/aromatic N) is 1. The quantitative estimate of drug-likeness (QED) is 0.401. The number of aliphatic hydroxyl groups is 1. The largest absolute Gasteiger partial charge is 0.396 e. The molecule has 3 aliphatic heterocycles. The lowest BCUT2D eigenvalue weighted by Crippen LogP contribution is -2.53. The predicted molar refractivity (Wildman–Crippen MR) is 143 cm³/mol. The van der Waals surface area contributed by atoms with Crippen LogP contribution in [0.4, 0.5) is 5.69 Å². The summed E-state index contributed by atoms with van der Waals surface area (Å²) < 4.78 is 6.47. The van der Waals surface area contributed by atoms with Crippen LogP contribution in [0.1, 0.15) is 43.2 Å². The second-order valence-corrected chi connectivity index (χ2v) is 10.9. The van der Waals surface area contributed by atoms with Crippen molar-refractivity contribution in [1.82, 2.24) is 10.2 Å². The molecule has 2 aromatic rings. The number of para-hydroxylation sites is 1. The SMILES string of the molecule is Cc1cccc(Cl)c1NC(=O)C1N(CCCCCO)C(=O)[C@@H]2[C@H](C(=O)NCc3ccccc3)[C@@H]3CCC12O3. The molecule has 8 nitrogen and oxygen atoms in total. The summed E-state index contributed by atoms with van der Waals surface area (Å²) in [7, 11) is 0. The maximum absolute atomic E-state index is 13.9. The molecule has 3 aliphatic rings. The predicted octanol–water partition coefficient (Wildman–Crippen LogP) is 3.44. The minimum Gasteiger partial charge on any atom is -0.396 e. The molecule has 1 spiro atoms. The Labute approximate surface area is 227 Å². The Bertz CT molecular complexity index is 1190. The molecular weight excluding hydrogens is 506 g/mol. The van der Waals surface area contributed by atoms with E-state index in [1.165, 1.54) is 0 Å². The van der Waals surface area contributed by atoms with E-state index in [0.717, 1.165) is 17.5 Å². The molecule has 2 unspecified atom stereocenters. The summed E-state index contributed by atoms with van der Waals surface area (Å²) in [6, 6.07) is 14.1. The number of unbranched alkanes of at least 4 members (excludes halogenated alkanes) is 2. The average molecular weight is 540 g/mol. The van der Waals surface area contributed by atoms with Crippen molar-refractivity contribution in [2.75, 3.05) is 18.5 Å². The van der Waals surface area contributed by atoms with Crippen LogP contribution in [-0.4, -0.2) is 58.6 Å². The molecule has 5 atom stereocenters. The zero-order valence-corrected chi connectivity index (χ0v) is 22.2. The molecule has 202 valence electrons. The highest BCUT2D eigenvalue weighted by Gasteiger charge is 2.74. The van der Waals surface area contributed by atoms with E-state index < -0.39 is 29.6 Å². The maximum Gasteiger partial charge on any atom is 0.250 e. The second kappa shape index (κ2) is 11.0. The zero-order valence-electron chi connectivity index (χ0n) is 21.5. The van der Waals surface area contributed by atoms with Crippen LogP contribution in [0.3, 0.4) is 0 Å². The van der Waals surface area contributed by atoms with E-state index in [-0.39, 0.29) is 24.3 Å². The normalized spacial score (nSPS) is 27.4. The summed E-state index contributed by atoms with van der Waals surface area (Å²) in [6.07, 6.45) is 2.71. The highest BCUT2D eigenvalue weighted by Crippen LogP contribution is 2.58. The molecule has 2 bridgehead atoms. The number of amides is 3. The van der Waals surface area contributed by atoms with Crippen molar-refractivity contribution >= 4 is 35.0 Å². The Balaban J connectivity index is 1.42. The van der Waals surface area contributed by atoms with Gasteiger partial charge in [0.25, 0.3) is 0 Å². The third kappa shape index (κ3) is 4.70. The molecule has 5 rings (SSSR count). The molecule has 0 radical (unpaired) electrons. The first-order valence-electron chi connectivity index (χ1n) is 13.3. The molecular formula is C29H34ClN3O5. The number of aliphatic hydroxyl groups excluding tert-OH is 1. The molecule has 3 saturated heterocycles. The second-order valence-electron chi connectivity index (χ2n) is 10.5. The molecule has 0 saturated carbocycles. The number of rotatable bonds is 10. The van der Waals surface area contributed by atoms with Gasteiger partial charge in [-0.05, 0) is 56.2 Å². The Hall–Kier alpha value is -2.94.